The Labute approximate surface area is 120 Å². The van der Waals surface area contributed by atoms with Crippen molar-refractivity contribution in [2.75, 3.05) is 5.32 Å². The van der Waals surface area contributed by atoms with Gasteiger partial charge in [0.25, 0.3) is 6.43 Å². The molecule has 1 N–H and O–H groups in total. The van der Waals surface area contributed by atoms with Crippen LogP contribution in [0.3, 0.4) is 0 Å². The van der Waals surface area contributed by atoms with Crippen LogP contribution in [0.1, 0.15) is 25.7 Å². The summed E-state index contributed by atoms with van der Waals surface area (Å²) in [5.41, 5.74) is -0.501. The molecule has 0 bridgehead atoms. The highest BCUT2D eigenvalue weighted by Gasteiger charge is 2.39. The highest BCUT2D eigenvalue weighted by molar-refractivity contribution is 5.89. The van der Waals surface area contributed by atoms with Crippen molar-refractivity contribution in [1.29, 1.82) is 0 Å². The lowest BCUT2D eigenvalue weighted by atomic mass is 10.0. The lowest BCUT2D eigenvalue weighted by Gasteiger charge is -2.08. The van der Waals surface area contributed by atoms with Gasteiger partial charge in [-0.05, 0) is 0 Å². The van der Waals surface area contributed by atoms with Crippen molar-refractivity contribution < 1.29 is 13.6 Å². The van der Waals surface area contributed by atoms with E-state index in [2.05, 4.69) is 26.6 Å². The van der Waals surface area contributed by atoms with Gasteiger partial charge in [0.05, 0.1) is 0 Å². The molecule has 0 aromatic carbocycles. The van der Waals surface area contributed by atoms with Crippen molar-refractivity contribution >= 4 is 11.7 Å². The molecule has 0 aliphatic carbocycles. The van der Waals surface area contributed by atoms with E-state index in [9.17, 15) is 13.6 Å². The fourth-order valence-electron chi connectivity index (χ4n) is 1.86. The van der Waals surface area contributed by atoms with Crippen molar-refractivity contribution in [1.82, 2.24) is 9.78 Å². The number of hydrogen-bond donors (Lipinski definition) is 1. The third-order valence-electron chi connectivity index (χ3n) is 3.04. The molecule has 1 aliphatic heterocycles. The molecule has 1 aromatic heterocycles. The first-order valence-corrected chi connectivity index (χ1v) is 6.52. The third kappa shape index (κ3) is 4.63. The van der Waals surface area contributed by atoms with Crippen molar-refractivity contribution in [3.63, 3.8) is 0 Å². The quantitative estimate of drug-likeness (QED) is 0.748. The Morgan fingerprint density at radius 1 is 1.48 bits per heavy atom. The summed E-state index contributed by atoms with van der Waals surface area (Å²) in [5, 5.41) is 14.3. The molecule has 1 aromatic rings. The number of amides is 1. The fraction of sp³-hybridized carbons (Fsp3) is 0.538. The minimum Gasteiger partial charge on any atom is -0.309 e. The summed E-state index contributed by atoms with van der Waals surface area (Å²) in [4.78, 5) is 11.8. The second-order valence-electron chi connectivity index (χ2n) is 4.75. The number of carbonyl (C=O) groups is 1. The lowest BCUT2D eigenvalue weighted by Crippen LogP contribution is -2.18. The maximum Gasteiger partial charge on any atom is 0.257 e. The Kier molecular flexibility index (Phi) is 4.62. The van der Waals surface area contributed by atoms with Crippen LogP contribution in [0.4, 0.5) is 14.6 Å². The summed E-state index contributed by atoms with van der Waals surface area (Å²) in [5.74, 6) is 2.51. The van der Waals surface area contributed by atoms with Gasteiger partial charge >= 0.3 is 0 Å². The average molecular weight is 295 g/mol. The molecule has 1 amide bonds. The van der Waals surface area contributed by atoms with E-state index in [1.807, 2.05) is 0 Å². The van der Waals surface area contributed by atoms with Crippen LogP contribution < -0.4 is 5.32 Å². The number of hydrogen-bond acceptors (Lipinski definition) is 4. The lowest BCUT2D eigenvalue weighted by molar-refractivity contribution is -0.116. The number of nitrogens with one attached hydrogen (secondary N) is 1. The zero-order chi connectivity index (χ0) is 15.3. The van der Waals surface area contributed by atoms with E-state index >= 15 is 0 Å². The van der Waals surface area contributed by atoms with Crippen LogP contribution in [0.15, 0.2) is 22.5 Å². The van der Waals surface area contributed by atoms with Gasteiger partial charge < -0.3 is 5.32 Å². The molecule has 21 heavy (non-hydrogen) atoms. The molecule has 112 valence electrons. The van der Waals surface area contributed by atoms with E-state index in [0.29, 0.717) is 19.3 Å². The standard InChI is InChI=1S/C13H15F2N5O/c1-2-3-6-13(18-19-13)7-4-12(21)16-11-5-8-20(17-11)9-10(14)15/h1,5,8,10H,3-4,6-7,9H2,(H,16,17,21). The van der Waals surface area contributed by atoms with Gasteiger partial charge in [-0.3, -0.25) is 9.48 Å². The number of nitrogens with zero attached hydrogens (tertiary/aromatic N) is 4. The maximum atomic E-state index is 12.2. The fourth-order valence-corrected chi connectivity index (χ4v) is 1.86. The Bertz CT molecular complexity index is 569. The molecule has 0 saturated heterocycles. The Morgan fingerprint density at radius 2 is 2.24 bits per heavy atom. The predicted octanol–water partition coefficient (Wildman–Crippen LogP) is 2.44. The summed E-state index contributed by atoms with van der Waals surface area (Å²) in [6.45, 7) is -0.497. The van der Waals surface area contributed by atoms with Crippen LogP contribution in [0.5, 0.6) is 0 Å². The first-order chi connectivity index (χ1) is 10.0. The van der Waals surface area contributed by atoms with E-state index in [0.717, 1.165) is 4.68 Å². The molecule has 0 saturated carbocycles. The highest BCUT2D eigenvalue weighted by atomic mass is 19.3. The first-order valence-electron chi connectivity index (χ1n) is 6.52. The van der Waals surface area contributed by atoms with Crippen molar-refractivity contribution in [2.24, 2.45) is 10.2 Å². The van der Waals surface area contributed by atoms with Gasteiger partial charge in [0.15, 0.2) is 11.5 Å². The van der Waals surface area contributed by atoms with E-state index < -0.39 is 18.6 Å². The summed E-state index contributed by atoms with van der Waals surface area (Å²) in [6.07, 6.45) is 6.00. The van der Waals surface area contributed by atoms with Gasteiger partial charge in [-0.2, -0.15) is 15.3 Å². The molecule has 6 nitrogen and oxygen atoms in total. The minimum atomic E-state index is -2.48. The zero-order valence-electron chi connectivity index (χ0n) is 11.3. The normalized spacial score (nSPS) is 15.0. The summed E-state index contributed by atoms with van der Waals surface area (Å²) in [6, 6.07) is 1.47. The van der Waals surface area contributed by atoms with Crippen molar-refractivity contribution in [3.8, 4) is 12.3 Å². The maximum absolute atomic E-state index is 12.2. The number of terminal acetylenes is 1. The van der Waals surface area contributed by atoms with Crippen LogP contribution in [-0.4, -0.2) is 27.8 Å². The number of halogens is 2. The molecule has 0 fully saturated rings. The van der Waals surface area contributed by atoms with Crippen LogP contribution in [0.25, 0.3) is 0 Å². The second-order valence-corrected chi connectivity index (χ2v) is 4.75. The van der Waals surface area contributed by atoms with Crippen molar-refractivity contribution in [2.45, 2.75) is 44.3 Å². The zero-order valence-corrected chi connectivity index (χ0v) is 11.3. The molecule has 0 spiro atoms. The highest BCUT2D eigenvalue weighted by Crippen LogP contribution is 2.37. The number of alkyl halides is 2. The Morgan fingerprint density at radius 3 is 2.86 bits per heavy atom. The molecule has 8 heteroatoms. The third-order valence-corrected chi connectivity index (χ3v) is 3.04. The largest absolute Gasteiger partial charge is 0.309 e. The van der Waals surface area contributed by atoms with E-state index in [-0.39, 0.29) is 18.1 Å². The predicted molar refractivity (Wildman–Crippen MR) is 71.7 cm³/mol. The van der Waals surface area contributed by atoms with Crippen LogP contribution >= 0.6 is 0 Å². The van der Waals surface area contributed by atoms with E-state index in [1.165, 1.54) is 12.3 Å². The van der Waals surface area contributed by atoms with Gasteiger partial charge in [-0.1, -0.05) is 0 Å². The van der Waals surface area contributed by atoms with Gasteiger partial charge in [0, 0.05) is 37.9 Å². The number of aromatic nitrogens is 2. The number of rotatable bonds is 8. The molecule has 2 rings (SSSR count). The average Bonchev–Trinajstić information content (AvgIpc) is 3.08. The topological polar surface area (TPSA) is 71.6 Å². The van der Waals surface area contributed by atoms with Gasteiger partial charge in [-0.15, -0.1) is 12.3 Å². The molecule has 0 radical (unpaired) electrons. The van der Waals surface area contributed by atoms with Crippen LogP contribution in [-0.2, 0) is 11.3 Å². The first kappa shape index (κ1) is 15.1. The molecular weight excluding hydrogens is 280 g/mol. The van der Waals surface area contributed by atoms with Gasteiger partial charge in [0.2, 0.25) is 5.91 Å². The summed E-state index contributed by atoms with van der Waals surface area (Å²) < 4.78 is 25.4. The summed E-state index contributed by atoms with van der Waals surface area (Å²) >= 11 is 0. The Balaban J connectivity index is 1.75. The molecular formula is C13H15F2N5O. The number of carbonyl (C=O) groups excluding carboxylic acids is 1. The smallest absolute Gasteiger partial charge is 0.257 e. The van der Waals surface area contributed by atoms with E-state index in [1.54, 1.807) is 0 Å². The molecule has 1 aliphatic rings. The minimum absolute atomic E-state index is 0.222. The van der Waals surface area contributed by atoms with Crippen LogP contribution in [0.2, 0.25) is 0 Å². The molecule has 2 heterocycles. The number of anilines is 1. The van der Waals surface area contributed by atoms with Gasteiger partial charge in [0.1, 0.15) is 6.54 Å². The summed E-state index contributed by atoms with van der Waals surface area (Å²) in [7, 11) is 0. The van der Waals surface area contributed by atoms with Crippen molar-refractivity contribution in [3.05, 3.63) is 12.3 Å². The Hall–Kier alpha value is -2.30. The second kappa shape index (κ2) is 6.43. The molecule has 0 unspecified atom stereocenters. The van der Waals surface area contributed by atoms with Crippen LogP contribution in [0, 0.1) is 12.3 Å². The monoisotopic (exact) mass is 295 g/mol. The molecule has 0 atom stereocenters. The van der Waals surface area contributed by atoms with Gasteiger partial charge in [-0.25, -0.2) is 8.78 Å². The van der Waals surface area contributed by atoms with E-state index in [4.69, 9.17) is 6.42 Å². The SMILES string of the molecule is C#CCCC1(CCC(=O)Nc2ccn(CC(F)F)n2)N=N1.